The Morgan fingerprint density at radius 3 is 2.63 bits per heavy atom. The van der Waals surface area contributed by atoms with Crippen molar-refractivity contribution in [3.05, 3.63) is 32.2 Å². The van der Waals surface area contributed by atoms with Crippen LogP contribution in [0.15, 0.2) is 21.6 Å². The first-order valence-corrected chi connectivity index (χ1v) is 8.76. The lowest BCUT2D eigenvalue weighted by Crippen LogP contribution is -2.01. The lowest BCUT2D eigenvalue weighted by molar-refractivity contribution is 0.315. The molecule has 0 amide bonds. The molecule has 0 aliphatic rings. The molecule has 1 aromatic carbocycles. The Bertz CT molecular complexity index is 423. The normalized spacial score (nSPS) is 10.2. The van der Waals surface area contributed by atoms with E-state index in [9.17, 15) is 0 Å². The van der Waals surface area contributed by atoms with Gasteiger partial charge in [0.15, 0.2) is 0 Å². The van der Waals surface area contributed by atoms with Crippen LogP contribution in [0.3, 0.4) is 0 Å². The van der Waals surface area contributed by atoms with Gasteiger partial charge in [0, 0.05) is 11.4 Å². The van der Waals surface area contributed by atoms with Gasteiger partial charge < -0.3 is 9.47 Å². The molecule has 0 saturated heterocycles. The summed E-state index contributed by atoms with van der Waals surface area (Å²) in [6.07, 6.45) is 2.81. The molecule has 6 heteroatoms. The monoisotopic (exact) mass is 474 g/mol. The van der Waals surface area contributed by atoms with Crippen molar-refractivity contribution in [2.75, 3.05) is 18.5 Å². The molecule has 0 aliphatic heterocycles. The first-order chi connectivity index (χ1) is 9.04. The van der Waals surface area contributed by atoms with E-state index in [4.69, 9.17) is 21.1 Å². The Balaban J connectivity index is 2.70. The summed E-state index contributed by atoms with van der Waals surface area (Å²) in [5.74, 6) is 1.46. The molecule has 0 saturated carbocycles. The molecule has 106 valence electrons. The minimum absolute atomic E-state index is 0.464. The van der Waals surface area contributed by atoms with Crippen molar-refractivity contribution in [2.45, 2.75) is 13.3 Å². The van der Waals surface area contributed by atoms with E-state index in [1.165, 1.54) is 0 Å². The van der Waals surface area contributed by atoms with E-state index in [1.807, 2.05) is 19.1 Å². The molecule has 0 radical (unpaired) electrons. The van der Waals surface area contributed by atoms with Gasteiger partial charge >= 0.3 is 0 Å². The molecule has 2 nitrogen and oxygen atoms in total. The van der Waals surface area contributed by atoms with Gasteiger partial charge in [0.05, 0.1) is 15.0 Å². The fraction of sp³-hybridized carbons (Fsp3) is 0.385. The summed E-state index contributed by atoms with van der Waals surface area (Å²) in [6, 6.07) is 3.69. The summed E-state index contributed by atoms with van der Waals surface area (Å²) in [6.45, 7) is 3.06. The summed E-state index contributed by atoms with van der Waals surface area (Å²) < 4.78 is 12.1. The van der Waals surface area contributed by atoms with E-state index in [1.54, 1.807) is 6.07 Å². The number of benzene rings is 1. The molecule has 1 rings (SSSR count). The minimum Gasteiger partial charge on any atom is -0.492 e. The van der Waals surface area contributed by atoms with Gasteiger partial charge in [0.1, 0.15) is 18.1 Å². The molecule has 19 heavy (non-hydrogen) atoms. The molecular weight excluding hydrogens is 463 g/mol. The summed E-state index contributed by atoms with van der Waals surface area (Å²) >= 11 is 16.1. The van der Waals surface area contributed by atoms with Crippen LogP contribution in [0.25, 0.3) is 0 Å². The van der Waals surface area contributed by atoms with Gasteiger partial charge in [-0.25, -0.2) is 0 Å². The highest BCUT2D eigenvalue weighted by Crippen LogP contribution is 2.33. The van der Waals surface area contributed by atoms with Gasteiger partial charge in [-0.2, -0.15) is 0 Å². The summed E-state index contributed by atoms with van der Waals surface area (Å²) in [5, 5.41) is 1.49. The topological polar surface area (TPSA) is 18.5 Å². The molecule has 0 spiro atoms. The first kappa shape index (κ1) is 17.3. The number of hydrogen-bond acceptors (Lipinski definition) is 2. The van der Waals surface area contributed by atoms with Gasteiger partial charge in [-0.05, 0) is 62.9 Å². The van der Waals surface area contributed by atoms with Crippen LogP contribution in [-0.4, -0.2) is 18.5 Å². The summed E-state index contributed by atoms with van der Waals surface area (Å²) in [4.78, 5) is 0. The molecule has 0 aromatic heterocycles. The van der Waals surface area contributed by atoms with E-state index < -0.39 is 0 Å². The fourth-order valence-corrected chi connectivity index (χ4v) is 2.20. The maximum atomic E-state index is 6.20. The zero-order valence-electron chi connectivity index (χ0n) is 10.4. The second-order valence-corrected chi connectivity index (χ2v) is 7.72. The number of aryl methyl sites for hydroxylation is 1. The Morgan fingerprint density at radius 1 is 1.32 bits per heavy atom. The van der Waals surface area contributed by atoms with Crippen LogP contribution in [0.1, 0.15) is 12.0 Å². The van der Waals surface area contributed by atoms with Gasteiger partial charge in [-0.1, -0.05) is 27.5 Å². The number of rotatable bonds is 7. The van der Waals surface area contributed by atoms with E-state index in [2.05, 4.69) is 47.8 Å². The molecule has 0 N–H and O–H groups in total. The van der Waals surface area contributed by atoms with E-state index in [-0.39, 0.29) is 0 Å². The quantitative estimate of drug-likeness (QED) is 0.364. The minimum atomic E-state index is 0.464. The smallest absolute Gasteiger partial charge is 0.141 e. The SMILES string of the molecule is Cc1cc(OCC=C(Br)Br)cc(Cl)c1OCCCBr. The van der Waals surface area contributed by atoms with Crippen LogP contribution in [0.2, 0.25) is 5.02 Å². The highest BCUT2D eigenvalue weighted by molar-refractivity contribution is 9.28. The van der Waals surface area contributed by atoms with E-state index in [0.29, 0.717) is 18.2 Å². The van der Waals surface area contributed by atoms with Crippen LogP contribution in [0.4, 0.5) is 0 Å². The summed E-state index contributed by atoms with van der Waals surface area (Å²) in [5.41, 5.74) is 0.971. The third-order valence-corrected chi connectivity index (χ3v) is 3.70. The van der Waals surface area contributed by atoms with Gasteiger partial charge in [-0.3, -0.25) is 0 Å². The lowest BCUT2D eigenvalue weighted by Gasteiger charge is -2.12. The standard InChI is InChI=1S/C13H14Br3ClO2/c1-9-7-10(18-6-3-12(15)16)8-11(17)13(9)19-5-2-4-14/h3,7-8H,2,4-6H2,1H3. The third-order valence-electron chi connectivity index (χ3n) is 2.21. The Kier molecular flexibility index (Phi) is 8.46. The largest absolute Gasteiger partial charge is 0.492 e. The van der Waals surface area contributed by atoms with E-state index >= 15 is 0 Å². The molecular formula is C13H14Br3ClO2. The van der Waals surface area contributed by atoms with Crippen LogP contribution < -0.4 is 9.47 Å². The van der Waals surface area contributed by atoms with Crippen molar-refractivity contribution in [1.29, 1.82) is 0 Å². The predicted molar refractivity (Wildman–Crippen MR) is 91.5 cm³/mol. The predicted octanol–water partition coefficient (Wildman–Crippen LogP) is 5.82. The molecule has 0 atom stereocenters. The molecule has 0 heterocycles. The maximum Gasteiger partial charge on any atom is 0.141 e. The number of ether oxygens (including phenoxy) is 2. The molecule has 1 aromatic rings. The van der Waals surface area contributed by atoms with Crippen LogP contribution in [0.5, 0.6) is 11.5 Å². The summed E-state index contributed by atoms with van der Waals surface area (Å²) in [7, 11) is 0. The second-order valence-electron chi connectivity index (χ2n) is 3.75. The van der Waals surface area contributed by atoms with E-state index in [0.717, 1.165) is 32.2 Å². The number of alkyl halides is 1. The fourth-order valence-electron chi connectivity index (χ4n) is 1.40. The van der Waals surface area contributed by atoms with Crippen molar-refractivity contribution in [1.82, 2.24) is 0 Å². The Hall–Kier alpha value is 0.290. The molecule has 0 fully saturated rings. The van der Waals surface area contributed by atoms with Gasteiger partial charge in [0.25, 0.3) is 0 Å². The van der Waals surface area contributed by atoms with Gasteiger partial charge in [-0.15, -0.1) is 0 Å². The average Bonchev–Trinajstić information content (AvgIpc) is 2.32. The zero-order chi connectivity index (χ0) is 14.3. The van der Waals surface area contributed by atoms with Crippen molar-refractivity contribution >= 4 is 59.4 Å². The first-order valence-electron chi connectivity index (χ1n) is 5.67. The van der Waals surface area contributed by atoms with Crippen LogP contribution >= 0.6 is 59.4 Å². The zero-order valence-corrected chi connectivity index (χ0v) is 15.9. The van der Waals surface area contributed by atoms with Gasteiger partial charge in [0.2, 0.25) is 0 Å². The van der Waals surface area contributed by atoms with Crippen molar-refractivity contribution in [3.8, 4) is 11.5 Å². The Morgan fingerprint density at radius 2 is 2.05 bits per heavy atom. The van der Waals surface area contributed by atoms with Crippen molar-refractivity contribution in [2.24, 2.45) is 0 Å². The highest BCUT2D eigenvalue weighted by atomic mass is 79.9. The molecule has 0 aliphatic carbocycles. The van der Waals surface area contributed by atoms with Crippen molar-refractivity contribution < 1.29 is 9.47 Å². The Labute approximate surface area is 143 Å². The van der Waals surface area contributed by atoms with Crippen LogP contribution in [0, 0.1) is 6.92 Å². The highest BCUT2D eigenvalue weighted by Gasteiger charge is 2.08. The lowest BCUT2D eigenvalue weighted by atomic mass is 10.2. The second kappa shape index (κ2) is 9.27. The number of hydrogen-bond donors (Lipinski definition) is 0. The van der Waals surface area contributed by atoms with Crippen molar-refractivity contribution in [3.63, 3.8) is 0 Å². The molecule has 0 bridgehead atoms. The van der Waals surface area contributed by atoms with Crippen LogP contribution in [-0.2, 0) is 0 Å². The third kappa shape index (κ3) is 6.52. The average molecular weight is 477 g/mol. The maximum absolute atomic E-state index is 6.20. The molecule has 0 unspecified atom stereocenters. The number of halogens is 4.